The number of imide groups is 1. The van der Waals surface area contributed by atoms with Crippen molar-refractivity contribution in [3.8, 4) is 0 Å². The molecule has 0 bridgehead atoms. The number of hydrogen-bond acceptors (Lipinski definition) is 2. The summed E-state index contributed by atoms with van der Waals surface area (Å²) in [6, 6.07) is 15.8. The van der Waals surface area contributed by atoms with Crippen molar-refractivity contribution in [2.24, 2.45) is 0 Å². The number of rotatable bonds is 4. The molecule has 2 atom stereocenters. The number of urea groups is 1. The fraction of sp³-hybridized carbons (Fsp3) is 0.263. The first kappa shape index (κ1) is 16.5. The van der Waals surface area contributed by atoms with Crippen molar-refractivity contribution in [3.05, 3.63) is 70.7 Å². The Bertz CT molecular complexity index is 778. The van der Waals surface area contributed by atoms with E-state index < -0.39 is 17.6 Å². The van der Waals surface area contributed by atoms with Gasteiger partial charge >= 0.3 is 6.03 Å². The molecule has 3 amide bonds. The first-order valence-electron chi connectivity index (χ1n) is 7.97. The molecule has 0 aliphatic carbocycles. The van der Waals surface area contributed by atoms with Gasteiger partial charge in [-0.3, -0.25) is 9.69 Å². The zero-order chi connectivity index (χ0) is 17.3. The second kappa shape index (κ2) is 6.29. The second-order valence-corrected chi connectivity index (χ2v) is 6.33. The molecule has 24 heavy (non-hydrogen) atoms. The van der Waals surface area contributed by atoms with Crippen LogP contribution in [0.15, 0.2) is 54.6 Å². The molecule has 5 heteroatoms. The van der Waals surface area contributed by atoms with E-state index in [1.54, 1.807) is 6.07 Å². The van der Waals surface area contributed by atoms with Crippen LogP contribution in [0.4, 0.5) is 4.79 Å². The molecule has 4 nitrogen and oxygen atoms in total. The molecule has 1 aliphatic rings. The molecule has 1 fully saturated rings. The Labute approximate surface area is 146 Å². The second-order valence-electron chi connectivity index (χ2n) is 5.93. The zero-order valence-electron chi connectivity index (χ0n) is 13.6. The lowest BCUT2D eigenvalue weighted by molar-refractivity contribution is -0.133. The van der Waals surface area contributed by atoms with Crippen LogP contribution in [0.1, 0.15) is 37.4 Å². The SMILES string of the molecule is CC[C@@]1(c2ccccc2)NC(=O)N([C@H](C)c2ccccc2Cl)C1=O. The molecule has 0 spiro atoms. The van der Waals surface area contributed by atoms with Gasteiger partial charge in [-0.15, -0.1) is 0 Å². The highest BCUT2D eigenvalue weighted by atomic mass is 35.5. The minimum absolute atomic E-state index is 0.242. The van der Waals surface area contributed by atoms with E-state index >= 15 is 0 Å². The Kier molecular flexibility index (Phi) is 4.33. The van der Waals surface area contributed by atoms with Crippen molar-refractivity contribution in [1.29, 1.82) is 0 Å². The summed E-state index contributed by atoms with van der Waals surface area (Å²) < 4.78 is 0. The summed E-state index contributed by atoms with van der Waals surface area (Å²) in [6.07, 6.45) is 0.479. The quantitative estimate of drug-likeness (QED) is 0.844. The molecule has 2 aromatic carbocycles. The van der Waals surface area contributed by atoms with Crippen LogP contribution in [0.2, 0.25) is 5.02 Å². The normalized spacial score (nSPS) is 21.7. The zero-order valence-corrected chi connectivity index (χ0v) is 14.4. The van der Waals surface area contributed by atoms with Gasteiger partial charge in [-0.05, 0) is 30.5 Å². The minimum Gasteiger partial charge on any atom is -0.319 e. The van der Waals surface area contributed by atoms with Gasteiger partial charge in [0, 0.05) is 5.02 Å². The molecule has 0 unspecified atom stereocenters. The van der Waals surface area contributed by atoms with E-state index in [1.807, 2.05) is 62.4 Å². The lowest BCUT2D eigenvalue weighted by Gasteiger charge is -2.27. The van der Waals surface area contributed by atoms with Crippen molar-refractivity contribution < 1.29 is 9.59 Å². The molecule has 0 saturated carbocycles. The number of benzene rings is 2. The maximum atomic E-state index is 13.2. The van der Waals surface area contributed by atoms with E-state index in [-0.39, 0.29) is 5.91 Å². The van der Waals surface area contributed by atoms with Crippen molar-refractivity contribution in [3.63, 3.8) is 0 Å². The average molecular weight is 343 g/mol. The summed E-state index contributed by atoms with van der Waals surface area (Å²) in [5, 5.41) is 3.44. The summed E-state index contributed by atoms with van der Waals surface area (Å²) in [4.78, 5) is 27.1. The lowest BCUT2D eigenvalue weighted by Crippen LogP contribution is -2.43. The van der Waals surface area contributed by atoms with E-state index in [1.165, 1.54) is 4.90 Å². The highest BCUT2D eigenvalue weighted by Crippen LogP contribution is 2.37. The maximum Gasteiger partial charge on any atom is 0.325 e. The summed E-state index contributed by atoms with van der Waals surface area (Å²) in [5.41, 5.74) is 0.524. The van der Waals surface area contributed by atoms with Crippen molar-refractivity contribution >= 4 is 23.5 Å². The van der Waals surface area contributed by atoms with Gasteiger partial charge in [-0.25, -0.2) is 4.79 Å². The largest absolute Gasteiger partial charge is 0.325 e. The Hall–Kier alpha value is -2.33. The molecule has 1 heterocycles. The fourth-order valence-corrected chi connectivity index (χ4v) is 3.55. The lowest BCUT2D eigenvalue weighted by atomic mass is 9.87. The molecule has 124 valence electrons. The first-order valence-corrected chi connectivity index (χ1v) is 8.35. The predicted molar refractivity (Wildman–Crippen MR) is 93.7 cm³/mol. The van der Waals surface area contributed by atoms with Crippen molar-refractivity contribution in [2.75, 3.05) is 0 Å². The molecule has 0 radical (unpaired) electrons. The molecule has 2 aromatic rings. The molecular formula is C19H19ClN2O2. The number of carbonyl (C=O) groups is 2. The van der Waals surface area contributed by atoms with Crippen LogP contribution in [0.5, 0.6) is 0 Å². The molecule has 0 aromatic heterocycles. The Morgan fingerprint density at radius 3 is 2.33 bits per heavy atom. The third kappa shape index (κ3) is 2.47. The van der Waals surface area contributed by atoms with Crippen LogP contribution < -0.4 is 5.32 Å². The van der Waals surface area contributed by atoms with Crippen molar-refractivity contribution in [1.82, 2.24) is 10.2 Å². The monoisotopic (exact) mass is 342 g/mol. The molecule has 1 aliphatic heterocycles. The number of hydrogen-bond donors (Lipinski definition) is 1. The highest BCUT2D eigenvalue weighted by Gasteiger charge is 2.52. The Balaban J connectivity index is 2.02. The number of amides is 3. The molecular weight excluding hydrogens is 324 g/mol. The smallest absolute Gasteiger partial charge is 0.319 e. The predicted octanol–water partition coefficient (Wildman–Crippen LogP) is 4.26. The minimum atomic E-state index is -1.02. The summed E-state index contributed by atoms with van der Waals surface area (Å²) in [6.45, 7) is 3.71. The number of nitrogens with one attached hydrogen (secondary N) is 1. The Morgan fingerprint density at radius 1 is 1.08 bits per heavy atom. The summed E-state index contributed by atoms with van der Waals surface area (Å²) >= 11 is 6.25. The van der Waals surface area contributed by atoms with Crippen LogP contribution in [0, 0.1) is 0 Å². The molecule has 1 N–H and O–H groups in total. The highest BCUT2D eigenvalue weighted by molar-refractivity contribution is 6.31. The van der Waals surface area contributed by atoms with Crippen LogP contribution in [0.25, 0.3) is 0 Å². The first-order chi connectivity index (χ1) is 11.5. The van der Waals surface area contributed by atoms with Crippen LogP contribution in [-0.2, 0) is 10.3 Å². The van der Waals surface area contributed by atoms with Gasteiger partial charge in [0.1, 0.15) is 5.54 Å². The topological polar surface area (TPSA) is 49.4 Å². The van der Waals surface area contributed by atoms with Gasteiger partial charge in [0.05, 0.1) is 6.04 Å². The van der Waals surface area contributed by atoms with Crippen molar-refractivity contribution in [2.45, 2.75) is 31.8 Å². The van der Waals surface area contributed by atoms with E-state index in [9.17, 15) is 9.59 Å². The van der Waals surface area contributed by atoms with Crippen LogP contribution in [-0.4, -0.2) is 16.8 Å². The van der Waals surface area contributed by atoms with Gasteiger partial charge in [-0.2, -0.15) is 0 Å². The Morgan fingerprint density at radius 2 is 1.71 bits per heavy atom. The molecule has 3 rings (SSSR count). The maximum absolute atomic E-state index is 13.2. The molecule has 1 saturated heterocycles. The average Bonchev–Trinajstić information content (AvgIpc) is 2.86. The van der Waals surface area contributed by atoms with E-state index in [2.05, 4.69) is 5.32 Å². The van der Waals surface area contributed by atoms with Crippen LogP contribution in [0.3, 0.4) is 0 Å². The number of carbonyl (C=O) groups excluding carboxylic acids is 2. The van der Waals surface area contributed by atoms with Crippen LogP contribution >= 0.6 is 11.6 Å². The van der Waals surface area contributed by atoms with E-state index in [0.717, 1.165) is 11.1 Å². The standard InChI is InChI=1S/C19H19ClN2O2/c1-3-19(14-9-5-4-6-10-14)17(23)22(18(24)21-19)13(2)15-11-7-8-12-16(15)20/h4-13H,3H2,1-2H3,(H,21,24)/t13-,19+/m1/s1. The van der Waals surface area contributed by atoms with E-state index in [4.69, 9.17) is 11.6 Å². The van der Waals surface area contributed by atoms with Gasteiger partial charge < -0.3 is 5.32 Å². The summed E-state index contributed by atoms with van der Waals surface area (Å²) in [5.74, 6) is -0.242. The van der Waals surface area contributed by atoms with E-state index in [0.29, 0.717) is 11.4 Å². The fourth-order valence-electron chi connectivity index (χ4n) is 3.26. The number of nitrogens with zero attached hydrogens (tertiary/aromatic N) is 1. The third-order valence-corrected chi connectivity index (χ3v) is 5.01. The third-order valence-electron chi connectivity index (χ3n) is 4.66. The van der Waals surface area contributed by atoms with Gasteiger partial charge in [0.15, 0.2) is 0 Å². The van der Waals surface area contributed by atoms with Gasteiger partial charge in [-0.1, -0.05) is 67.1 Å². The van der Waals surface area contributed by atoms with Gasteiger partial charge in [0.2, 0.25) is 0 Å². The summed E-state index contributed by atoms with van der Waals surface area (Å²) in [7, 11) is 0. The van der Waals surface area contributed by atoms with Gasteiger partial charge in [0.25, 0.3) is 5.91 Å². The number of halogens is 1.